The fourth-order valence-electron chi connectivity index (χ4n) is 4.34. The van der Waals surface area contributed by atoms with E-state index in [0.717, 1.165) is 0 Å². The van der Waals surface area contributed by atoms with Crippen LogP contribution in [0.4, 0.5) is 0 Å². The van der Waals surface area contributed by atoms with Gasteiger partial charge >= 0.3 is 5.97 Å². The molecular formula is C29H30Cl2N2O5S. The van der Waals surface area contributed by atoms with Gasteiger partial charge in [-0.25, -0.2) is 9.79 Å². The Balaban J connectivity index is 2.00. The van der Waals surface area contributed by atoms with E-state index in [4.69, 9.17) is 37.4 Å². The van der Waals surface area contributed by atoms with Gasteiger partial charge in [0, 0.05) is 16.1 Å². The Bertz CT molecular complexity index is 1620. The number of carbonyl (C=O) groups excluding carboxylic acids is 1. The molecule has 2 heterocycles. The second-order valence-corrected chi connectivity index (χ2v) is 11.3. The lowest BCUT2D eigenvalue weighted by molar-refractivity contribution is -0.139. The smallest absolute Gasteiger partial charge is 0.338 e. The summed E-state index contributed by atoms with van der Waals surface area (Å²) in [5.74, 6) is 0.460. The number of halogens is 2. The quantitative estimate of drug-likeness (QED) is 0.316. The second-order valence-electron chi connectivity index (χ2n) is 9.48. The SMILES string of the molecule is CCOC(=O)C1=C(C)N=c2s/c(=C\c3cc(Cl)cc(Cl)c3OC(C)C)c(=O)n2[C@@H]1c1ccccc1OC(C)C. The van der Waals surface area contributed by atoms with E-state index in [0.29, 0.717) is 47.7 Å². The van der Waals surface area contributed by atoms with Crippen LogP contribution in [0.3, 0.4) is 0 Å². The Hall–Kier alpha value is -3.07. The van der Waals surface area contributed by atoms with Crippen molar-refractivity contribution in [3.8, 4) is 11.5 Å². The number of aromatic nitrogens is 1. The molecule has 10 heteroatoms. The molecule has 0 amide bonds. The first-order valence-electron chi connectivity index (χ1n) is 12.6. The molecule has 1 aromatic heterocycles. The number of thiazole rings is 1. The van der Waals surface area contributed by atoms with Crippen LogP contribution in [0.2, 0.25) is 10.0 Å². The molecular weight excluding hydrogens is 559 g/mol. The standard InChI is InChI=1S/C29H30Cl2N2O5S/c1-7-36-28(35)24-17(6)32-29-33(25(24)20-10-8-9-11-22(20)37-15(2)3)27(34)23(39-29)13-18-12-19(30)14-21(31)26(18)38-16(4)5/h8-16,25H,7H2,1-6H3/b23-13-/t25-/m1/s1. The molecule has 0 unspecified atom stereocenters. The van der Waals surface area contributed by atoms with E-state index in [1.54, 1.807) is 32.1 Å². The number of hydrogen-bond acceptors (Lipinski definition) is 7. The summed E-state index contributed by atoms with van der Waals surface area (Å²) in [7, 11) is 0. The second kappa shape index (κ2) is 12.0. The molecule has 0 radical (unpaired) electrons. The molecule has 2 aromatic carbocycles. The molecule has 0 aliphatic carbocycles. The van der Waals surface area contributed by atoms with Crippen LogP contribution in [0.5, 0.6) is 11.5 Å². The third kappa shape index (κ3) is 6.08. The lowest BCUT2D eigenvalue weighted by Crippen LogP contribution is -2.40. The zero-order valence-corrected chi connectivity index (χ0v) is 24.9. The van der Waals surface area contributed by atoms with Gasteiger partial charge in [0.05, 0.1) is 39.6 Å². The van der Waals surface area contributed by atoms with E-state index in [2.05, 4.69) is 4.99 Å². The molecule has 0 spiro atoms. The molecule has 0 bridgehead atoms. The van der Waals surface area contributed by atoms with Crippen LogP contribution < -0.4 is 24.4 Å². The van der Waals surface area contributed by atoms with Crippen molar-refractivity contribution in [3.63, 3.8) is 0 Å². The summed E-state index contributed by atoms with van der Waals surface area (Å²) in [6.07, 6.45) is 1.42. The Morgan fingerprint density at radius 3 is 2.49 bits per heavy atom. The summed E-state index contributed by atoms with van der Waals surface area (Å²) in [4.78, 5) is 32.3. The zero-order valence-electron chi connectivity index (χ0n) is 22.6. The molecule has 0 N–H and O–H groups in total. The molecule has 206 valence electrons. The predicted molar refractivity (Wildman–Crippen MR) is 155 cm³/mol. The molecule has 4 rings (SSSR count). The van der Waals surface area contributed by atoms with E-state index in [9.17, 15) is 9.59 Å². The fourth-order valence-corrected chi connectivity index (χ4v) is 5.93. The summed E-state index contributed by atoms with van der Waals surface area (Å²) >= 11 is 14.0. The number of rotatable bonds is 8. The van der Waals surface area contributed by atoms with Gasteiger partial charge in [-0.2, -0.15) is 0 Å². The van der Waals surface area contributed by atoms with E-state index in [-0.39, 0.29) is 29.9 Å². The van der Waals surface area contributed by atoms with Gasteiger partial charge in [0.25, 0.3) is 5.56 Å². The van der Waals surface area contributed by atoms with Crippen LogP contribution in [-0.2, 0) is 9.53 Å². The molecule has 0 saturated carbocycles. The molecule has 0 fully saturated rings. The van der Waals surface area contributed by atoms with E-state index >= 15 is 0 Å². The summed E-state index contributed by atoms with van der Waals surface area (Å²) < 4.78 is 19.3. The van der Waals surface area contributed by atoms with Gasteiger partial charge in [-0.3, -0.25) is 9.36 Å². The average Bonchev–Trinajstić information content (AvgIpc) is 3.14. The third-order valence-electron chi connectivity index (χ3n) is 5.77. The Labute approximate surface area is 241 Å². The van der Waals surface area contributed by atoms with Crippen molar-refractivity contribution >= 4 is 46.6 Å². The molecule has 1 aliphatic rings. The van der Waals surface area contributed by atoms with Gasteiger partial charge in [0.2, 0.25) is 0 Å². The minimum Gasteiger partial charge on any atom is -0.491 e. The van der Waals surface area contributed by atoms with Crippen molar-refractivity contribution in [2.45, 2.75) is 59.8 Å². The van der Waals surface area contributed by atoms with E-state index in [1.807, 2.05) is 52.0 Å². The van der Waals surface area contributed by atoms with Crippen molar-refractivity contribution in [2.24, 2.45) is 4.99 Å². The lowest BCUT2D eigenvalue weighted by atomic mass is 9.95. The van der Waals surface area contributed by atoms with Gasteiger partial charge in [-0.1, -0.05) is 52.7 Å². The minimum absolute atomic E-state index is 0.120. The highest BCUT2D eigenvalue weighted by Gasteiger charge is 2.35. The maximum Gasteiger partial charge on any atom is 0.338 e. The molecule has 3 aromatic rings. The number of esters is 1. The van der Waals surface area contributed by atoms with Gasteiger partial charge in [0.1, 0.15) is 17.5 Å². The number of allylic oxidation sites excluding steroid dienone is 1. The molecule has 7 nitrogen and oxygen atoms in total. The van der Waals surface area contributed by atoms with Crippen LogP contribution in [0, 0.1) is 0 Å². The van der Waals surface area contributed by atoms with Crippen molar-refractivity contribution in [3.05, 3.63) is 88.5 Å². The molecule has 1 aliphatic heterocycles. The minimum atomic E-state index is -0.799. The predicted octanol–water partition coefficient (Wildman–Crippen LogP) is 5.68. The average molecular weight is 590 g/mol. The number of hydrogen-bond donors (Lipinski definition) is 0. The number of ether oxygens (including phenoxy) is 3. The van der Waals surface area contributed by atoms with E-state index in [1.165, 1.54) is 15.9 Å². The van der Waals surface area contributed by atoms with Crippen molar-refractivity contribution in [1.29, 1.82) is 0 Å². The summed E-state index contributed by atoms with van der Waals surface area (Å²) in [6, 6.07) is 9.87. The van der Waals surface area contributed by atoms with Gasteiger partial charge in [0.15, 0.2) is 4.80 Å². The zero-order chi connectivity index (χ0) is 28.4. The topological polar surface area (TPSA) is 79.1 Å². The monoisotopic (exact) mass is 588 g/mol. The number of benzene rings is 2. The first kappa shape index (κ1) is 28.9. The molecule has 0 saturated heterocycles. The van der Waals surface area contributed by atoms with Crippen LogP contribution in [0.1, 0.15) is 58.7 Å². The molecule has 1 atom stereocenters. The number of carbonyl (C=O) groups is 1. The highest BCUT2D eigenvalue weighted by atomic mass is 35.5. The number of fused-ring (bicyclic) bond motifs is 1. The van der Waals surface area contributed by atoms with Crippen LogP contribution >= 0.6 is 34.5 Å². The Kier molecular flexibility index (Phi) is 8.89. The normalized spacial score (nSPS) is 15.4. The summed E-state index contributed by atoms with van der Waals surface area (Å²) in [6.45, 7) is 11.3. The lowest BCUT2D eigenvalue weighted by Gasteiger charge is -2.26. The van der Waals surface area contributed by atoms with Crippen molar-refractivity contribution in [2.75, 3.05) is 6.61 Å². The highest BCUT2D eigenvalue weighted by Crippen LogP contribution is 2.37. The van der Waals surface area contributed by atoms with Crippen molar-refractivity contribution in [1.82, 2.24) is 4.57 Å². The van der Waals surface area contributed by atoms with Gasteiger partial charge in [-0.05, 0) is 65.8 Å². The summed E-state index contributed by atoms with van der Waals surface area (Å²) in [5.41, 5.74) is 1.65. The largest absolute Gasteiger partial charge is 0.491 e. The van der Waals surface area contributed by atoms with E-state index < -0.39 is 12.0 Å². The first-order chi connectivity index (χ1) is 18.5. The summed E-state index contributed by atoms with van der Waals surface area (Å²) in [5, 5.41) is 0.751. The highest BCUT2D eigenvalue weighted by molar-refractivity contribution is 7.07. The van der Waals surface area contributed by atoms with Crippen molar-refractivity contribution < 1.29 is 19.0 Å². The maximum atomic E-state index is 14.0. The van der Waals surface area contributed by atoms with Gasteiger partial charge < -0.3 is 14.2 Å². The first-order valence-corrected chi connectivity index (χ1v) is 14.2. The maximum absolute atomic E-state index is 14.0. The number of nitrogens with zero attached hydrogens (tertiary/aromatic N) is 2. The van der Waals surface area contributed by atoms with Crippen LogP contribution in [0.25, 0.3) is 6.08 Å². The van der Waals surface area contributed by atoms with Crippen LogP contribution in [0.15, 0.2) is 57.5 Å². The van der Waals surface area contributed by atoms with Crippen LogP contribution in [-0.4, -0.2) is 29.4 Å². The Morgan fingerprint density at radius 2 is 1.82 bits per heavy atom. The Morgan fingerprint density at radius 1 is 1.13 bits per heavy atom. The van der Waals surface area contributed by atoms with Gasteiger partial charge in [-0.15, -0.1) is 0 Å². The molecule has 39 heavy (non-hydrogen) atoms. The number of para-hydroxylation sites is 1. The fraction of sp³-hybridized carbons (Fsp3) is 0.345. The third-order valence-corrected chi connectivity index (χ3v) is 7.25.